The molecule has 218 valence electrons. The van der Waals surface area contributed by atoms with Gasteiger partial charge < -0.3 is 36.0 Å². The molecule has 0 radical (unpaired) electrons. The Balaban J connectivity index is 1.21. The van der Waals surface area contributed by atoms with E-state index in [1.165, 1.54) is 23.5 Å². The van der Waals surface area contributed by atoms with Crippen molar-refractivity contribution in [2.75, 3.05) is 31.3 Å². The molecule has 0 spiro atoms. The number of aliphatic hydroxyl groups is 2. The highest BCUT2D eigenvalue weighted by atomic mass is 31.1. The summed E-state index contributed by atoms with van der Waals surface area (Å²) < 4.78 is 52.2. The van der Waals surface area contributed by atoms with E-state index in [4.69, 9.17) is 30.0 Å². The predicted molar refractivity (Wildman–Crippen MR) is 133 cm³/mol. The molecule has 4 aromatic heterocycles. The van der Waals surface area contributed by atoms with Crippen LogP contribution in [-0.4, -0.2) is 87.6 Å². The zero-order chi connectivity index (χ0) is 29.1. The normalized spacial score (nSPS) is 21.4. The van der Waals surface area contributed by atoms with Crippen LogP contribution in [0.25, 0.3) is 22.3 Å². The minimum Gasteiger partial charge on any atom is -0.566 e. The standard InChI is InChI=1S/C19H23N10O10P2/c20-14-12-16(24-5-22-14)28(7-26-12)11-3-9(30)10(38-11)4-37-41(34)39-19(31)18(35-1-2-36-40(32)33)29-8-27-13-15(21)23-6-25-17(13)29/h5-11,18-19,30-31H,1-4H2,(H2,20,22,24)(H2,21,23,25)/q+1. The zero-order valence-corrected chi connectivity index (χ0v) is 22.6. The molecule has 41 heavy (non-hydrogen) atoms. The fourth-order valence-corrected chi connectivity index (χ4v) is 4.89. The molecule has 1 aliphatic heterocycles. The van der Waals surface area contributed by atoms with Crippen LogP contribution in [-0.2, 0) is 32.2 Å². The SMILES string of the molecule is Nc1ncnc2c1ncn2C1CC(O)C(CO[P+](=O)OC(O)C(OCCO[P+](=O)[O-])n2cnc3c(N)ncnc32)O1. The van der Waals surface area contributed by atoms with Crippen molar-refractivity contribution in [2.45, 2.75) is 37.4 Å². The van der Waals surface area contributed by atoms with Crippen molar-refractivity contribution in [3.63, 3.8) is 0 Å². The summed E-state index contributed by atoms with van der Waals surface area (Å²) >= 11 is 0. The van der Waals surface area contributed by atoms with Gasteiger partial charge in [-0.25, -0.2) is 29.9 Å². The van der Waals surface area contributed by atoms with Crippen molar-refractivity contribution in [1.29, 1.82) is 0 Å². The molecule has 5 heterocycles. The van der Waals surface area contributed by atoms with Crippen LogP contribution < -0.4 is 16.4 Å². The van der Waals surface area contributed by atoms with Gasteiger partial charge in [-0.15, -0.1) is 9.05 Å². The summed E-state index contributed by atoms with van der Waals surface area (Å²) in [7, 11) is -6.10. The van der Waals surface area contributed by atoms with Crippen LogP contribution >= 0.6 is 16.5 Å². The highest BCUT2D eigenvalue weighted by molar-refractivity contribution is 7.33. The van der Waals surface area contributed by atoms with Crippen LogP contribution in [0.15, 0.2) is 25.3 Å². The molecule has 0 amide bonds. The van der Waals surface area contributed by atoms with Crippen LogP contribution in [0.1, 0.15) is 18.9 Å². The van der Waals surface area contributed by atoms with Gasteiger partial charge in [-0.2, -0.15) is 0 Å². The van der Waals surface area contributed by atoms with Crippen LogP contribution in [0, 0.1) is 0 Å². The molecule has 5 rings (SSSR count). The van der Waals surface area contributed by atoms with E-state index in [1.54, 1.807) is 4.57 Å². The molecule has 1 saturated heterocycles. The molecule has 22 heteroatoms. The molecule has 1 aliphatic rings. The molecule has 6 N–H and O–H groups in total. The maximum atomic E-state index is 12.6. The number of fused-ring (bicyclic) bond motifs is 2. The Hall–Kier alpha value is -3.42. The molecular weight excluding hydrogens is 590 g/mol. The van der Waals surface area contributed by atoms with Gasteiger partial charge in [0.25, 0.3) is 6.29 Å². The number of nitrogens with two attached hydrogens (primary N) is 2. The fraction of sp³-hybridized carbons (Fsp3) is 0.474. The molecular formula is C19H23N10O10P2+. The van der Waals surface area contributed by atoms with Gasteiger partial charge in [-0.1, -0.05) is 4.52 Å². The average molecular weight is 613 g/mol. The molecule has 1 fully saturated rings. The smallest absolute Gasteiger partial charge is 0.566 e. The largest absolute Gasteiger partial charge is 0.700 e. The Morgan fingerprint density at radius 3 is 2.44 bits per heavy atom. The van der Waals surface area contributed by atoms with Crippen molar-refractivity contribution >= 4 is 50.5 Å². The van der Waals surface area contributed by atoms with Gasteiger partial charge >= 0.3 is 16.5 Å². The summed E-state index contributed by atoms with van der Waals surface area (Å²) in [6.45, 7) is -1.07. The lowest BCUT2D eigenvalue weighted by molar-refractivity contribution is -0.191. The molecule has 7 atom stereocenters. The first kappa shape index (κ1) is 29.1. The fourth-order valence-electron chi connectivity index (χ4n) is 4.06. The van der Waals surface area contributed by atoms with Gasteiger partial charge in [-0.3, -0.25) is 9.13 Å². The number of hydrogen-bond acceptors (Lipinski definition) is 18. The summed E-state index contributed by atoms with van der Waals surface area (Å²) in [6.07, 6.45) is -0.702. The van der Waals surface area contributed by atoms with E-state index in [2.05, 4.69) is 34.4 Å². The lowest BCUT2D eigenvalue weighted by atomic mass is 10.2. The first-order valence-electron chi connectivity index (χ1n) is 11.8. The molecule has 20 nitrogen and oxygen atoms in total. The Morgan fingerprint density at radius 1 is 1.02 bits per heavy atom. The van der Waals surface area contributed by atoms with E-state index in [1.807, 2.05) is 0 Å². The third-order valence-corrected chi connectivity index (χ3v) is 7.05. The number of hydrogen-bond donors (Lipinski definition) is 4. The van der Waals surface area contributed by atoms with Gasteiger partial charge in [-0.05, 0) is 4.57 Å². The van der Waals surface area contributed by atoms with E-state index in [0.29, 0.717) is 11.2 Å². The number of nitrogens with zero attached hydrogens (tertiary/aromatic N) is 8. The van der Waals surface area contributed by atoms with Gasteiger partial charge in [0.05, 0.1) is 25.4 Å². The van der Waals surface area contributed by atoms with E-state index in [0.717, 1.165) is 6.33 Å². The maximum Gasteiger partial charge on any atom is 0.700 e. The number of rotatable bonds is 13. The van der Waals surface area contributed by atoms with Gasteiger partial charge in [0.15, 0.2) is 29.2 Å². The molecule has 0 bridgehead atoms. The van der Waals surface area contributed by atoms with E-state index in [9.17, 15) is 24.2 Å². The maximum absolute atomic E-state index is 12.6. The molecule has 4 aromatic rings. The van der Waals surface area contributed by atoms with Crippen molar-refractivity contribution in [3.8, 4) is 0 Å². The minimum atomic E-state index is -3.12. The van der Waals surface area contributed by atoms with Crippen LogP contribution in [0.3, 0.4) is 0 Å². The second-order valence-electron chi connectivity index (χ2n) is 8.43. The van der Waals surface area contributed by atoms with Crippen LogP contribution in [0.4, 0.5) is 11.6 Å². The van der Waals surface area contributed by atoms with E-state index < -0.39 is 47.5 Å². The number of aliphatic hydroxyl groups excluding tert-OH is 2. The van der Waals surface area contributed by atoms with Gasteiger partial charge in [0.2, 0.25) is 0 Å². The third kappa shape index (κ3) is 6.41. The van der Waals surface area contributed by atoms with Crippen molar-refractivity contribution in [2.24, 2.45) is 0 Å². The zero-order valence-electron chi connectivity index (χ0n) is 20.8. The third-order valence-electron chi connectivity index (χ3n) is 5.91. The van der Waals surface area contributed by atoms with Crippen molar-refractivity contribution in [1.82, 2.24) is 39.0 Å². The first-order chi connectivity index (χ1) is 19.7. The van der Waals surface area contributed by atoms with Crippen LogP contribution in [0.2, 0.25) is 0 Å². The second-order valence-corrected chi connectivity index (χ2v) is 10.1. The topological polar surface area (TPSA) is 283 Å². The minimum absolute atomic E-state index is 0.0528. The quantitative estimate of drug-likeness (QED) is 0.0801. The number of ether oxygens (including phenoxy) is 2. The van der Waals surface area contributed by atoms with Gasteiger partial charge in [0, 0.05) is 11.0 Å². The van der Waals surface area contributed by atoms with Crippen molar-refractivity contribution < 1.29 is 47.3 Å². The number of anilines is 2. The lowest BCUT2D eigenvalue weighted by Gasteiger charge is -2.20. The lowest BCUT2D eigenvalue weighted by Crippen LogP contribution is -2.29. The highest BCUT2D eigenvalue weighted by Crippen LogP contribution is 2.35. The van der Waals surface area contributed by atoms with E-state index >= 15 is 0 Å². The molecule has 0 aromatic carbocycles. The van der Waals surface area contributed by atoms with E-state index in [-0.39, 0.29) is 49.0 Å². The van der Waals surface area contributed by atoms with Crippen molar-refractivity contribution in [3.05, 3.63) is 25.3 Å². The Labute approximate surface area is 231 Å². The summed E-state index contributed by atoms with van der Waals surface area (Å²) in [5.41, 5.74) is 12.7. The molecule has 0 aliphatic carbocycles. The number of nitrogen functional groups attached to an aromatic ring is 2. The van der Waals surface area contributed by atoms with Gasteiger partial charge in [0.1, 0.15) is 49.2 Å². The highest BCUT2D eigenvalue weighted by Gasteiger charge is 2.40. The summed E-state index contributed by atoms with van der Waals surface area (Å²) in [4.78, 5) is 34.8. The average Bonchev–Trinajstić information content (AvgIpc) is 3.65. The number of aromatic nitrogens is 8. The predicted octanol–water partition coefficient (Wildman–Crippen LogP) is -0.962. The van der Waals surface area contributed by atoms with Crippen LogP contribution in [0.5, 0.6) is 0 Å². The molecule has 7 unspecified atom stereocenters. The first-order valence-corrected chi connectivity index (χ1v) is 14.0. The second kappa shape index (κ2) is 12.6. The summed E-state index contributed by atoms with van der Waals surface area (Å²) in [5.74, 6) is 0.243. The molecule has 0 saturated carbocycles. The monoisotopic (exact) mass is 613 g/mol. The Kier molecular flexibility index (Phi) is 8.95. The number of imidazole rings is 2. The Morgan fingerprint density at radius 2 is 1.71 bits per heavy atom. The summed E-state index contributed by atoms with van der Waals surface area (Å²) in [5, 5.41) is 21.2. The summed E-state index contributed by atoms with van der Waals surface area (Å²) in [6, 6.07) is 0. The Bertz CT molecular complexity index is 1560.